The van der Waals surface area contributed by atoms with E-state index in [2.05, 4.69) is 4.72 Å². The summed E-state index contributed by atoms with van der Waals surface area (Å²) in [5, 5.41) is 0.822. The van der Waals surface area contributed by atoms with Gasteiger partial charge in [-0.3, -0.25) is 9.59 Å². The third-order valence-electron chi connectivity index (χ3n) is 9.87. The SMILES string of the molecule is COC(=O)C1([C@@]2(C)C[C@H](c3cccc(Cl)c3)[C@@H](c3ccc(Cl)cc3)N([C@H](CNS(=O)(=O)C3CC3)C3CC3)C2=O)CC1. The summed E-state index contributed by atoms with van der Waals surface area (Å²) in [6.45, 7) is 2.04. The van der Waals surface area contributed by atoms with Crippen LogP contribution in [0.1, 0.15) is 75.0 Å². The summed E-state index contributed by atoms with van der Waals surface area (Å²) < 4.78 is 34.0. The van der Waals surface area contributed by atoms with Gasteiger partial charge in [-0.25, -0.2) is 13.1 Å². The molecule has 3 aliphatic carbocycles. The fourth-order valence-electron chi connectivity index (χ4n) is 7.06. The minimum absolute atomic E-state index is 0.124. The zero-order chi connectivity index (χ0) is 29.2. The number of benzene rings is 2. The highest BCUT2D eigenvalue weighted by Gasteiger charge is 2.70. The number of halogens is 2. The molecular weight excluding hydrogens is 583 g/mol. The molecule has 1 saturated heterocycles. The van der Waals surface area contributed by atoms with E-state index in [1.807, 2.05) is 60.4 Å². The molecular formula is C31H36Cl2N2O5S. The Labute approximate surface area is 252 Å². The van der Waals surface area contributed by atoms with Gasteiger partial charge in [-0.1, -0.05) is 47.5 Å². The van der Waals surface area contributed by atoms with Crippen molar-refractivity contribution in [2.24, 2.45) is 16.7 Å². The van der Waals surface area contributed by atoms with Crippen LogP contribution in [0.15, 0.2) is 48.5 Å². The van der Waals surface area contributed by atoms with Gasteiger partial charge in [-0.15, -0.1) is 0 Å². The molecule has 220 valence electrons. The lowest BCUT2D eigenvalue weighted by Gasteiger charge is -2.54. The number of piperidine rings is 1. The zero-order valence-corrected chi connectivity index (χ0v) is 25.6. The highest BCUT2D eigenvalue weighted by atomic mass is 35.5. The molecule has 0 aromatic heterocycles. The largest absolute Gasteiger partial charge is 0.469 e. The summed E-state index contributed by atoms with van der Waals surface area (Å²) in [5.74, 6) is -0.533. The molecule has 2 aromatic rings. The normalized spacial score (nSPS) is 28.3. The Morgan fingerprint density at radius 1 is 1.05 bits per heavy atom. The maximum absolute atomic E-state index is 15.0. The van der Waals surface area contributed by atoms with E-state index in [4.69, 9.17) is 27.9 Å². The molecule has 1 aliphatic heterocycles. The van der Waals surface area contributed by atoms with Crippen molar-refractivity contribution in [1.29, 1.82) is 0 Å². The predicted octanol–water partition coefficient (Wildman–Crippen LogP) is 5.87. The molecule has 2 aromatic carbocycles. The maximum atomic E-state index is 15.0. The molecule has 4 fully saturated rings. The Bertz CT molecular complexity index is 1450. The van der Waals surface area contributed by atoms with Crippen LogP contribution in [-0.4, -0.2) is 50.1 Å². The number of hydrogen-bond acceptors (Lipinski definition) is 5. The molecule has 4 atom stereocenters. The molecule has 1 N–H and O–H groups in total. The number of nitrogens with one attached hydrogen (secondary N) is 1. The molecule has 7 nitrogen and oxygen atoms in total. The topological polar surface area (TPSA) is 92.8 Å². The van der Waals surface area contributed by atoms with Crippen LogP contribution in [0, 0.1) is 16.7 Å². The fraction of sp³-hybridized carbons (Fsp3) is 0.548. The van der Waals surface area contributed by atoms with Crippen LogP contribution in [0.4, 0.5) is 0 Å². The molecule has 0 radical (unpaired) electrons. The van der Waals surface area contributed by atoms with E-state index < -0.39 is 26.9 Å². The molecule has 6 rings (SSSR count). The van der Waals surface area contributed by atoms with Gasteiger partial charge in [0.1, 0.15) is 0 Å². The fourth-order valence-corrected chi connectivity index (χ4v) is 8.78. The summed E-state index contributed by atoms with van der Waals surface area (Å²) in [5.41, 5.74) is -0.0812. The quantitative estimate of drug-likeness (QED) is 0.336. The van der Waals surface area contributed by atoms with E-state index >= 15 is 0 Å². The Morgan fingerprint density at radius 3 is 2.29 bits per heavy atom. The highest BCUT2D eigenvalue weighted by molar-refractivity contribution is 7.90. The molecule has 0 unspecified atom stereocenters. The summed E-state index contributed by atoms with van der Waals surface area (Å²) in [6, 6.07) is 14.4. The second-order valence-corrected chi connectivity index (χ2v) is 15.4. The second-order valence-electron chi connectivity index (χ2n) is 12.5. The highest BCUT2D eigenvalue weighted by Crippen LogP contribution is 2.67. The van der Waals surface area contributed by atoms with Gasteiger partial charge in [0.25, 0.3) is 0 Å². The van der Waals surface area contributed by atoms with Crippen molar-refractivity contribution < 1.29 is 22.7 Å². The third kappa shape index (κ3) is 5.19. The van der Waals surface area contributed by atoms with Gasteiger partial charge in [0.05, 0.1) is 29.2 Å². The number of methoxy groups -OCH3 is 1. The molecule has 41 heavy (non-hydrogen) atoms. The van der Waals surface area contributed by atoms with Crippen LogP contribution in [0.3, 0.4) is 0 Å². The van der Waals surface area contributed by atoms with E-state index in [0.29, 0.717) is 42.1 Å². The van der Waals surface area contributed by atoms with E-state index in [9.17, 15) is 18.0 Å². The van der Waals surface area contributed by atoms with Gasteiger partial charge < -0.3 is 9.64 Å². The lowest BCUT2D eigenvalue weighted by molar-refractivity contribution is -0.172. The van der Waals surface area contributed by atoms with E-state index in [1.54, 1.807) is 0 Å². The molecule has 4 aliphatic rings. The number of ether oxygens (including phenoxy) is 1. The maximum Gasteiger partial charge on any atom is 0.312 e. The first-order valence-corrected chi connectivity index (χ1v) is 16.7. The number of carbonyl (C=O) groups is 2. The molecule has 10 heteroatoms. The number of hydrogen-bond donors (Lipinski definition) is 1. The first kappa shape index (κ1) is 29.0. The number of nitrogens with zero attached hydrogens (tertiary/aromatic N) is 1. The smallest absolute Gasteiger partial charge is 0.312 e. The average molecular weight is 620 g/mol. The van der Waals surface area contributed by atoms with Gasteiger partial charge in [-0.2, -0.15) is 0 Å². The minimum atomic E-state index is -3.46. The van der Waals surface area contributed by atoms with Crippen LogP contribution in [0.2, 0.25) is 10.0 Å². The van der Waals surface area contributed by atoms with Crippen molar-refractivity contribution in [2.45, 2.75) is 75.1 Å². The first-order valence-electron chi connectivity index (χ1n) is 14.4. The Balaban J connectivity index is 1.50. The van der Waals surface area contributed by atoms with Crippen LogP contribution >= 0.6 is 23.2 Å². The summed E-state index contributed by atoms with van der Waals surface area (Å²) in [6.07, 6.45) is 4.72. The molecule has 1 heterocycles. The van der Waals surface area contributed by atoms with Gasteiger partial charge >= 0.3 is 5.97 Å². The lowest BCUT2D eigenvalue weighted by Crippen LogP contribution is -2.61. The minimum Gasteiger partial charge on any atom is -0.469 e. The van der Waals surface area contributed by atoms with Crippen molar-refractivity contribution in [2.75, 3.05) is 13.7 Å². The predicted molar refractivity (Wildman–Crippen MR) is 158 cm³/mol. The number of likely N-dealkylation sites (tertiary alicyclic amines) is 1. The Morgan fingerprint density at radius 2 is 1.73 bits per heavy atom. The summed E-state index contributed by atoms with van der Waals surface area (Å²) in [4.78, 5) is 30.2. The van der Waals surface area contributed by atoms with Crippen molar-refractivity contribution in [3.8, 4) is 0 Å². The number of amides is 1. The first-order chi connectivity index (χ1) is 19.5. The molecule has 3 saturated carbocycles. The van der Waals surface area contributed by atoms with Crippen LogP contribution in [-0.2, 0) is 24.3 Å². The van der Waals surface area contributed by atoms with Crippen LogP contribution in [0.5, 0.6) is 0 Å². The Kier molecular flexibility index (Phi) is 7.45. The van der Waals surface area contributed by atoms with E-state index in [-0.39, 0.29) is 41.5 Å². The number of carbonyl (C=O) groups excluding carboxylic acids is 2. The molecule has 0 spiro atoms. The van der Waals surface area contributed by atoms with Gasteiger partial charge in [0.15, 0.2) is 0 Å². The van der Waals surface area contributed by atoms with Crippen molar-refractivity contribution in [3.63, 3.8) is 0 Å². The van der Waals surface area contributed by atoms with Crippen LogP contribution in [0.25, 0.3) is 0 Å². The zero-order valence-electron chi connectivity index (χ0n) is 23.3. The lowest BCUT2D eigenvalue weighted by atomic mass is 9.61. The van der Waals surface area contributed by atoms with Crippen LogP contribution < -0.4 is 4.72 Å². The monoisotopic (exact) mass is 618 g/mol. The van der Waals surface area contributed by atoms with Crippen molar-refractivity contribution >= 4 is 45.1 Å². The molecule has 1 amide bonds. The van der Waals surface area contributed by atoms with Crippen molar-refractivity contribution in [1.82, 2.24) is 9.62 Å². The van der Waals surface area contributed by atoms with Gasteiger partial charge in [0.2, 0.25) is 15.9 Å². The number of esters is 1. The van der Waals surface area contributed by atoms with E-state index in [0.717, 1.165) is 24.0 Å². The number of sulfonamides is 1. The van der Waals surface area contributed by atoms with Gasteiger partial charge in [0, 0.05) is 28.5 Å². The van der Waals surface area contributed by atoms with E-state index in [1.165, 1.54) is 7.11 Å². The standard InChI is InChI=1S/C31H36Cl2N2O5S/c1-30(31(14-15-31)29(37)40-2)17-25(21-4-3-5-23(33)16-21)27(20-8-10-22(32)11-9-20)35(28(30)36)26(19-6-7-19)18-34-41(38,39)24-12-13-24/h3-5,8-11,16,19,24-27,34H,6-7,12-15,17-18H2,1-2H3/t25-,26-,27-,30+/m1/s1. The van der Waals surface area contributed by atoms with Gasteiger partial charge in [-0.05, 0) is 93.2 Å². The average Bonchev–Trinajstić information content (AvgIpc) is 3.79. The number of rotatable bonds is 10. The summed E-state index contributed by atoms with van der Waals surface area (Å²) in [7, 11) is -2.09. The molecule has 0 bridgehead atoms. The summed E-state index contributed by atoms with van der Waals surface area (Å²) >= 11 is 12.8. The third-order valence-corrected chi connectivity index (χ3v) is 12.3. The van der Waals surface area contributed by atoms with Crippen molar-refractivity contribution in [3.05, 3.63) is 69.7 Å². The Hall–Kier alpha value is -2.13. The second kappa shape index (κ2) is 10.5.